The number of ether oxygens (including phenoxy) is 2. The fraction of sp³-hybridized carbons (Fsp3) is 0.533. The maximum atomic E-state index is 13.7. The van der Waals surface area contributed by atoms with Crippen LogP contribution < -0.4 is 9.47 Å². The van der Waals surface area contributed by atoms with Crippen LogP contribution in [-0.4, -0.2) is 24.3 Å². The molecular formula is C15H16F2O4. The van der Waals surface area contributed by atoms with Gasteiger partial charge in [0.2, 0.25) is 0 Å². The van der Waals surface area contributed by atoms with Gasteiger partial charge in [0, 0.05) is 18.1 Å². The number of hydrogen-bond donors (Lipinski definition) is 1. The Hall–Kier alpha value is -1.85. The SMILES string of the molecule is CC(F)(F)c1cc2c(c(C3(C(=O)O)CCC3)c1)OCCO2. The van der Waals surface area contributed by atoms with Crippen molar-refractivity contribution in [2.24, 2.45) is 0 Å². The molecule has 1 aromatic rings. The summed E-state index contributed by atoms with van der Waals surface area (Å²) in [5.41, 5.74) is -1.06. The van der Waals surface area contributed by atoms with Crippen molar-refractivity contribution in [3.05, 3.63) is 23.3 Å². The number of alkyl halides is 2. The molecule has 1 saturated carbocycles. The molecule has 0 saturated heterocycles. The summed E-state index contributed by atoms with van der Waals surface area (Å²) >= 11 is 0. The normalized spacial score (nSPS) is 19.8. The van der Waals surface area contributed by atoms with Crippen LogP contribution in [0.4, 0.5) is 8.78 Å². The maximum Gasteiger partial charge on any atom is 0.314 e. The molecule has 0 radical (unpaired) electrons. The Labute approximate surface area is 120 Å². The van der Waals surface area contributed by atoms with Gasteiger partial charge in [-0.2, -0.15) is 0 Å². The second-order valence-electron chi connectivity index (χ2n) is 5.68. The molecule has 1 heterocycles. The molecule has 6 heteroatoms. The molecule has 1 aromatic carbocycles. The fourth-order valence-corrected chi connectivity index (χ4v) is 2.89. The van der Waals surface area contributed by atoms with Crippen molar-refractivity contribution in [3.63, 3.8) is 0 Å². The van der Waals surface area contributed by atoms with E-state index in [9.17, 15) is 18.7 Å². The topological polar surface area (TPSA) is 55.8 Å². The lowest BCUT2D eigenvalue weighted by Gasteiger charge is -2.40. The van der Waals surface area contributed by atoms with Crippen LogP contribution in [0, 0.1) is 0 Å². The predicted molar refractivity (Wildman–Crippen MR) is 70.2 cm³/mol. The first-order chi connectivity index (χ1) is 9.84. The third-order valence-corrected chi connectivity index (χ3v) is 4.28. The highest BCUT2D eigenvalue weighted by Crippen LogP contribution is 2.52. The minimum Gasteiger partial charge on any atom is -0.486 e. The van der Waals surface area contributed by atoms with Crippen molar-refractivity contribution in [1.29, 1.82) is 0 Å². The molecule has 0 atom stereocenters. The average molecular weight is 298 g/mol. The molecule has 21 heavy (non-hydrogen) atoms. The maximum absolute atomic E-state index is 13.7. The van der Waals surface area contributed by atoms with E-state index in [1.165, 1.54) is 12.1 Å². The van der Waals surface area contributed by atoms with E-state index in [0.717, 1.165) is 13.3 Å². The van der Waals surface area contributed by atoms with E-state index in [0.29, 0.717) is 24.2 Å². The van der Waals surface area contributed by atoms with E-state index in [1.54, 1.807) is 0 Å². The summed E-state index contributed by atoms with van der Waals surface area (Å²) in [7, 11) is 0. The molecule has 1 aliphatic heterocycles. The summed E-state index contributed by atoms with van der Waals surface area (Å²) in [6.45, 7) is 1.35. The van der Waals surface area contributed by atoms with Crippen molar-refractivity contribution in [2.75, 3.05) is 13.2 Å². The molecule has 1 aliphatic carbocycles. The van der Waals surface area contributed by atoms with Gasteiger partial charge in [-0.3, -0.25) is 4.79 Å². The van der Waals surface area contributed by atoms with Gasteiger partial charge < -0.3 is 14.6 Å². The number of carboxylic acid groups (broad SMARTS) is 1. The van der Waals surface area contributed by atoms with Crippen LogP contribution in [0.1, 0.15) is 37.3 Å². The molecule has 0 bridgehead atoms. The number of rotatable bonds is 3. The monoisotopic (exact) mass is 298 g/mol. The van der Waals surface area contributed by atoms with Gasteiger partial charge in [-0.1, -0.05) is 6.42 Å². The molecule has 1 N–H and O–H groups in total. The predicted octanol–water partition coefficient (Wildman–Crippen LogP) is 3.08. The Bertz CT molecular complexity index is 588. The van der Waals surface area contributed by atoms with Gasteiger partial charge in [0.25, 0.3) is 5.92 Å². The van der Waals surface area contributed by atoms with Crippen LogP contribution in [0.3, 0.4) is 0 Å². The van der Waals surface area contributed by atoms with Gasteiger partial charge in [0.15, 0.2) is 11.5 Å². The standard InChI is InChI=1S/C15H16F2O4/c1-14(16,17)9-7-10(15(13(18)19)3-2-4-15)12-11(8-9)20-5-6-21-12/h7-8H,2-6H2,1H3,(H,18,19). The third kappa shape index (κ3) is 2.13. The summed E-state index contributed by atoms with van der Waals surface area (Å²) < 4.78 is 38.3. The van der Waals surface area contributed by atoms with Crippen molar-refractivity contribution < 1.29 is 28.2 Å². The molecule has 3 rings (SSSR count). The molecule has 4 nitrogen and oxygen atoms in total. The zero-order valence-corrected chi connectivity index (χ0v) is 11.6. The number of fused-ring (bicyclic) bond motifs is 1. The second kappa shape index (κ2) is 4.58. The summed E-state index contributed by atoms with van der Waals surface area (Å²) in [4.78, 5) is 11.7. The Morgan fingerprint density at radius 3 is 2.48 bits per heavy atom. The van der Waals surface area contributed by atoms with Gasteiger partial charge in [0.05, 0.1) is 5.41 Å². The Morgan fingerprint density at radius 1 is 1.29 bits per heavy atom. The molecule has 0 amide bonds. The summed E-state index contributed by atoms with van der Waals surface area (Å²) in [6.07, 6.45) is 1.61. The van der Waals surface area contributed by atoms with Gasteiger partial charge >= 0.3 is 5.97 Å². The number of carboxylic acids is 1. The molecular weight excluding hydrogens is 282 g/mol. The van der Waals surface area contributed by atoms with E-state index < -0.39 is 17.3 Å². The molecule has 2 aliphatic rings. The smallest absolute Gasteiger partial charge is 0.314 e. The average Bonchev–Trinajstić information content (AvgIpc) is 2.35. The van der Waals surface area contributed by atoms with Gasteiger partial charge in [-0.15, -0.1) is 0 Å². The number of halogens is 2. The number of hydrogen-bond acceptors (Lipinski definition) is 3. The Kier molecular flexibility index (Phi) is 3.07. The molecule has 0 unspecified atom stereocenters. The fourth-order valence-electron chi connectivity index (χ4n) is 2.89. The molecule has 1 fully saturated rings. The minimum atomic E-state index is -3.06. The highest BCUT2D eigenvalue weighted by atomic mass is 19.3. The van der Waals surface area contributed by atoms with Crippen molar-refractivity contribution in [1.82, 2.24) is 0 Å². The molecule has 0 spiro atoms. The Morgan fingerprint density at radius 2 is 1.95 bits per heavy atom. The van der Waals surface area contributed by atoms with Crippen LogP contribution in [-0.2, 0) is 16.1 Å². The van der Waals surface area contributed by atoms with Crippen molar-refractivity contribution in [2.45, 2.75) is 37.5 Å². The van der Waals surface area contributed by atoms with Crippen molar-refractivity contribution in [3.8, 4) is 11.5 Å². The lowest BCUT2D eigenvalue weighted by atomic mass is 9.64. The van der Waals surface area contributed by atoms with E-state index in [1.807, 2.05) is 0 Å². The van der Waals surface area contributed by atoms with Crippen LogP contribution in [0.5, 0.6) is 11.5 Å². The Balaban J connectivity index is 2.20. The zero-order chi connectivity index (χ0) is 15.3. The van der Waals surface area contributed by atoms with Crippen LogP contribution in [0.25, 0.3) is 0 Å². The van der Waals surface area contributed by atoms with E-state index in [-0.39, 0.29) is 24.5 Å². The van der Waals surface area contributed by atoms with E-state index >= 15 is 0 Å². The number of benzene rings is 1. The first-order valence-electron chi connectivity index (χ1n) is 6.90. The van der Waals surface area contributed by atoms with Gasteiger partial charge in [0.1, 0.15) is 13.2 Å². The van der Waals surface area contributed by atoms with Crippen LogP contribution >= 0.6 is 0 Å². The first-order valence-corrected chi connectivity index (χ1v) is 6.90. The quantitative estimate of drug-likeness (QED) is 0.931. The molecule has 114 valence electrons. The summed E-state index contributed by atoms with van der Waals surface area (Å²) in [5, 5.41) is 9.55. The van der Waals surface area contributed by atoms with Crippen LogP contribution in [0.15, 0.2) is 12.1 Å². The second-order valence-corrected chi connectivity index (χ2v) is 5.68. The van der Waals surface area contributed by atoms with E-state index in [2.05, 4.69) is 0 Å². The van der Waals surface area contributed by atoms with Gasteiger partial charge in [-0.05, 0) is 25.0 Å². The third-order valence-electron chi connectivity index (χ3n) is 4.28. The summed E-state index contributed by atoms with van der Waals surface area (Å²) in [5.74, 6) is -3.55. The minimum absolute atomic E-state index is 0.211. The number of aliphatic carboxylic acids is 1. The molecule has 0 aromatic heterocycles. The number of carbonyl (C=O) groups is 1. The lowest BCUT2D eigenvalue weighted by molar-refractivity contribution is -0.147. The van der Waals surface area contributed by atoms with Crippen molar-refractivity contribution >= 4 is 5.97 Å². The van der Waals surface area contributed by atoms with Crippen LogP contribution in [0.2, 0.25) is 0 Å². The van der Waals surface area contributed by atoms with Gasteiger partial charge in [-0.25, -0.2) is 8.78 Å². The van der Waals surface area contributed by atoms with E-state index in [4.69, 9.17) is 9.47 Å². The summed E-state index contributed by atoms with van der Waals surface area (Å²) in [6, 6.07) is 2.51. The first kappa shape index (κ1) is 14.1. The zero-order valence-electron chi connectivity index (χ0n) is 11.6. The highest BCUT2D eigenvalue weighted by Gasteiger charge is 2.49. The largest absolute Gasteiger partial charge is 0.486 e. The lowest BCUT2D eigenvalue weighted by Crippen LogP contribution is -2.43. The highest BCUT2D eigenvalue weighted by molar-refractivity contribution is 5.84.